The minimum absolute atomic E-state index is 0.182. The lowest BCUT2D eigenvalue weighted by Crippen LogP contribution is -2.49. The van der Waals surface area contributed by atoms with Gasteiger partial charge in [-0.05, 0) is 35.1 Å². The first-order chi connectivity index (χ1) is 10.8. The highest BCUT2D eigenvalue weighted by Crippen LogP contribution is 2.45. The highest BCUT2D eigenvalue weighted by molar-refractivity contribution is 5.85. The summed E-state index contributed by atoms with van der Waals surface area (Å²) < 4.78 is 5.20. The molecule has 0 aliphatic carbocycles. The van der Waals surface area contributed by atoms with Crippen LogP contribution in [0.5, 0.6) is 5.75 Å². The van der Waals surface area contributed by atoms with E-state index in [-0.39, 0.29) is 17.1 Å². The van der Waals surface area contributed by atoms with E-state index in [4.69, 9.17) is 4.74 Å². The number of methoxy groups -OCH3 is 1. The second kappa shape index (κ2) is 6.45. The number of aromatic hydroxyl groups is 1. The molecule has 0 fully saturated rings. The van der Waals surface area contributed by atoms with Gasteiger partial charge < -0.3 is 9.84 Å². The van der Waals surface area contributed by atoms with Gasteiger partial charge in [-0.2, -0.15) is 0 Å². The lowest BCUT2D eigenvalue weighted by Gasteiger charge is -2.43. The molecular weight excluding hydrogens is 288 g/mol. The van der Waals surface area contributed by atoms with E-state index in [0.717, 1.165) is 11.1 Å². The van der Waals surface area contributed by atoms with Crippen LogP contribution in [-0.4, -0.2) is 18.2 Å². The van der Waals surface area contributed by atoms with E-state index in [1.54, 1.807) is 24.3 Å². The number of benzene rings is 2. The van der Waals surface area contributed by atoms with Crippen molar-refractivity contribution in [2.45, 2.75) is 32.6 Å². The zero-order chi connectivity index (χ0) is 17.1. The number of hydrogen-bond donors (Lipinski definition) is 1. The van der Waals surface area contributed by atoms with Gasteiger partial charge in [-0.1, -0.05) is 63.2 Å². The fourth-order valence-corrected chi connectivity index (χ4v) is 3.12. The number of carbonyl (C=O) groups is 1. The molecule has 0 aromatic heterocycles. The first-order valence-electron chi connectivity index (χ1n) is 7.73. The second-order valence-corrected chi connectivity index (χ2v) is 6.86. The molecule has 0 saturated carbocycles. The Morgan fingerprint density at radius 1 is 1.00 bits per heavy atom. The van der Waals surface area contributed by atoms with E-state index >= 15 is 0 Å². The molecular formula is C20H24O3. The molecule has 0 spiro atoms. The molecule has 2 aromatic carbocycles. The van der Waals surface area contributed by atoms with Crippen LogP contribution in [0.2, 0.25) is 0 Å². The lowest BCUT2D eigenvalue weighted by atomic mass is 9.60. The van der Waals surface area contributed by atoms with Crippen molar-refractivity contribution in [3.05, 3.63) is 65.7 Å². The van der Waals surface area contributed by atoms with Crippen LogP contribution in [0.4, 0.5) is 0 Å². The standard InChI is InChI=1S/C20H24O3/c1-19(2,3)20(18(22)23-4,14-15-8-6-5-7-9-15)16-10-12-17(21)13-11-16/h5-13,21H,14H2,1-4H3. The molecule has 0 heterocycles. The summed E-state index contributed by atoms with van der Waals surface area (Å²) >= 11 is 0. The summed E-state index contributed by atoms with van der Waals surface area (Å²) in [6.07, 6.45) is 0.536. The van der Waals surface area contributed by atoms with E-state index in [1.807, 2.05) is 51.1 Å². The highest BCUT2D eigenvalue weighted by Gasteiger charge is 2.50. The molecule has 1 unspecified atom stereocenters. The highest BCUT2D eigenvalue weighted by atomic mass is 16.5. The molecule has 0 aliphatic heterocycles. The monoisotopic (exact) mass is 312 g/mol. The molecule has 0 radical (unpaired) electrons. The fraction of sp³-hybridized carbons (Fsp3) is 0.350. The van der Waals surface area contributed by atoms with Crippen LogP contribution in [0, 0.1) is 5.41 Å². The molecule has 3 heteroatoms. The maximum Gasteiger partial charge on any atom is 0.317 e. The van der Waals surface area contributed by atoms with E-state index in [1.165, 1.54) is 7.11 Å². The predicted molar refractivity (Wildman–Crippen MR) is 91.4 cm³/mol. The summed E-state index contributed by atoms with van der Waals surface area (Å²) in [7, 11) is 1.42. The first kappa shape index (κ1) is 17.1. The smallest absolute Gasteiger partial charge is 0.317 e. The average molecular weight is 312 g/mol. The molecule has 2 rings (SSSR count). The Balaban J connectivity index is 2.65. The van der Waals surface area contributed by atoms with E-state index in [2.05, 4.69) is 0 Å². The van der Waals surface area contributed by atoms with Crippen molar-refractivity contribution in [3.8, 4) is 5.75 Å². The third kappa shape index (κ3) is 3.24. The van der Waals surface area contributed by atoms with Gasteiger partial charge in [-0.15, -0.1) is 0 Å². The minimum atomic E-state index is -0.837. The van der Waals surface area contributed by atoms with Crippen molar-refractivity contribution < 1.29 is 14.6 Å². The molecule has 2 aromatic rings. The molecule has 1 atom stereocenters. The Bertz CT molecular complexity index is 654. The van der Waals surface area contributed by atoms with Crippen molar-refractivity contribution in [3.63, 3.8) is 0 Å². The van der Waals surface area contributed by atoms with E-state index < -0.39 is 5.41 Å². The largest absolute Gasteiger partial charge is 0.508 e. The zero-order valence-corrected chi connectivity index (χ0v) is 14.2. The molecule has 0 amide bonds. The van der Waals surface area contributed by atoms with Crippen LogP contribution in [0.1, 0.15) is 31.9 Å². The summed E-state index contributed by atoms with van der Waals surface area (Å²) in [4.78, 5) is 12.9. The van der Waals surface area contributed by atoms with Crippen LogP contribution >= 0.6 is 0 Å². The van der Waals surface area contributed by atoms with Crippen molar-refractivity contribution in [1.29, 1.82) is 0 Å². The van der Waals surface area contributed by atoms with Crippen LogP contribution in [0.15, 0.2) is 54.6 Å². The Hall–Kier alpha value is -2.29. The molecule has 0 bridgehead atoms. The van der Waals surface area contributed by atoms with E-state index in [0.29, 0.717) is 6.42 Å². The van der Waals surface area contributed by atoms with Crippen molar-refractivity contribution in [2.75, 3.05) is 7.11 Å². The Morgan fingerprint density at radius 2 is 1.57 bits per heavy atom. The number of hydrogen-bond acceptors (Lipinski definition) is 3. The third-order valence-electron chi connectivity index (χ3n) is 4.49. The summed E-state index contributed by atoms with van der Waals surface area (Å²) in [5.74, 6) is -0.0827. The van der Waals surface area contributed by atoms with Crippen molar-refractivity contribution in [2.24, 2.45) is 5.41 Å². The maximum absolute atomic E-state index is 12.9. The molecule has 0 aliphatic rings. The summed E-state index contributed by atoms with van der Waals surface area (Å²) in [5, 5.41) is 9.59. The Morgan fingerprint density at radius 3 is 2.04 bits per heavy atom. The summed E-state index contributed by atoms with van der Waals surface area (Å²) in [5.41, 5.74) is 0.711. The third-order valence-corrected chi connectivity index (χ3v) is 4.49. The number of carbonyl (C=O) groups excluding carboxylic acids is 1. The fourth-order valence-electron chi connectivity index (χ4n) is 3.12. The number of phenolic OH excluding ortho intramolecular Hbond substituents is 1. The maximum atomic E-state index is 12.9. The normalized spacial score (nSPS) is 14.1. The number of ether oxygens (including phenoxy) is 1. The first-order valence-corrected chi connectivity index (χ1v) is 7.73. The molecule has 1 N–H and O–H groups in total. The predicted octanol–water partition coefficient (Wildman–Crippen LogP) is 4.09. The summed E-state index contributed by atoms with van der Waals surface area (Å²) in [6.45, 7) is 6.12. The average Bonchev–Trinajstić information content (AvgIpc) is 2.52. The van der Waals surface area contributed by atoms with Crippen LogP contribution in [0.25, 0.3) is 0 Å². The van der Waals surface area contributed by atoms with Crippen LogP contribution < -0.4 is 0 Å². The number of phenols is 1. The Labute approximate surface area is 137 Å². The van der Waals surface area contributed by atoms with Gasteiger partial charge in [-0.3, -0.25) is 4.79 Å². The van der Waals surface area contributed by atoms with Gasteiger partial charge in [0.1, 0.15) is 11.2 Å². The van der Waals surface area contributed by atoms with Gasteiger partial charge in [-0.25, -0.2) is 0 Å². The van der Waals surface area contributed by atoms with Crippen LogP contribution in [0.3, 0.4) is 0 Å². The molecule has 0 saturated heterocycles. The van der Waals surface area contributed by atoms with Crippen LogP contribution in [-0.2, 0) is 21.4 Å². The van der Waals surface area contributed by atoms with Gasteiger partial charge >= 0.3 is 5.97 Å². The number of esters is 1. The zero-order valence-electron chi connectivity index (χ0n) is 14.2. The van der Waals surface area contributed by atoms with Crippen molar-refractivity contribution in [1.82, 2.24) is 0 Å². The minimum Gasteiger partial charge on any atom is -0.508 e. The van der Waals surface area contributed by atoms with Gasteiger partial charge in [0.05, 0.1) is 7.11 Å². The summed E-state index contributed by atoms with van der Waals surface area (Å²) in [6, 6.07) is 16.8. The van der Waals surface area contributed by atoms with Gasteiger partial charge in [0.2, 0.25) is 0 Å². The molecule has 122 valence electrons. The van der Waals surface area contributed by atoms with Gasteiger partial charge in [0.25, 0.3) is 0 Å². The van der Waals surface area contributed by atoms with E-state index in [9.17, 15) is 9.90 Å². The molecule has 23 heavy (non-hydrogen) atoms. The Kier molecular flexibility index (Phi) is 4.79. The number of rotatable bonds is 4. The molecule has 3 nitrogen and oxygen atoms in total. The van der Waals surface area contributed by atoms with Gasteiger partial charge in [0, 0.05) is 0 Å². The SMILES string of the molecule is COC(=O)C(Cc1ccccc1)(c1ccc(O)cc1)C(C)(C)C. The second-order valence-electron chi connectivity index (χ2n) is 6.86. The quantitative estimate of drug-likeness (QED) is 0.865. The van der Waals surface area contributed by atoms with Gasteiger partial charge in [0.15, 0.2) is 0 Å². The topological polar surface area (TPSA) is 46.5 Å². The van der Waals surface area contributed by atoms with Crippen molar-refractivity contribution >= 4 is 5.97 Å². The lowest BCUT2D eigenvalue weighted by molar-refractivity contribution is -0.152.